The molecule has 1 aromatic carbocycles. The van der Waals surface area contributed by atoms with Crippen LogP contribution in [-0.2, 0) is 32.0 Å². The zero-order valence-corrected chi connectivity index (χ0v) is 22.4. The predicted molar refractivity (Wildman–Crippen MR) is 141 cm³/mol. The van der Waals surface area contributed by atoms with E-state index in [-0.39, 0.29) is 66.9 Å². The van der Waals surface area contributed by atoms with Crippen LogP contribution < -0.4 is 30.3 Å². The van der Waals surface area contributed by atoms with Gasteiger partial charge in [0.25, 0.3) is 24.2 Å². The summed E-state index contributed by atoms with van der Waals surface area (Å²) in [5.74, 6) is 0.335. The first kappa shape index (κ1) is 29.5. The molecule has 2 atom stereocenters. The molecule has 14 nitrogen and oxygen atoms in total. The molecule has 41 heavy (non-hydrogen) atoms. The summed E-state index contributed by atoms with van der Waals surface area (Å²) >= 11 is 0. The number of hydrogen-bond acceptors (Lipinski definition) is 10. The van der Waals surface area contributed by atoms with Crippen molar-refractivity contribution in [1.82, 2.24) is 20.6 Å². The number of carbonyl (C=O) groups excluding carboxylic acids is 3. The van der Waals surface area contributed by atoms with E-state index in [0.29, 0.717) is 56.8 Å². The first-order valence-electron chi connectivity index (χ1n) is 13.1. The second kappa shape index (κ2) is 13.7. The van der Waals surface area contributed by atoms with Crippen molar-refractivity contribution in [2.45, 2.75) is 32.3 Å². The van der Waals surface area contributed by atoms with Gasteiger partial charge in [-0.15, -0.1) is 0 Å². The third kappa shape index (κ3) is 7.57. The Bertz CT molecular complexity index is 1290. The number of halogens is 1. The number of nitrogens with one attached hydrogen (secondary N) is 3. The van der Waals surface area contributed by atoms with E-state index in [1.165, 1.54) is 17.2 Å². The highest BCUT2D eigenvalue weighted by molar-refractivity contribution is 5.94. The summed E-state index contributed by atoms with van der Waals surface area (Å²) in [6.07, 6.45) is 2.47. The van der Waals surface area contributed by atoms with Crippen LogP contribution in [0.15, 0.2) is 18.3 Å². The van der Waals surface area contributed by atoms with Crippen LogP contribution in [0.3, 0.4) is 0 Å². The Hall–Kier alpha value is -4.53. The lowest BCUT2D eigenvalue weighted by atomic mass is 10.1. The molecule has 1 aliphatic carbocycles. The molecule has 3 aliphatic rings. The van der Waals surface area contributed by atoms with Crippen molar-refractivity contribution >= 4 is 36.0 Å². The van der Waals surface area contributed by atoms with E-state index in [9.17, 15) is 18.8 Å². The van der Waals surface area contributed by atoms with Crippen molar-refractivity contribution < 1.29 is 42.9 Å². The number of carboxylic acid groups (broad SMARTS) is 1. The fourth-order valence-corrected chi connectivity index (χ4v) is 4.79. The van der Waals surface area contributed by atoms with Gasteiger partial charge in [0.1, 0.15) is 17.7 Å². The van der Waals surface area contributed by atoms with Gasteiger partial charge >= 0.3 is 6.09 Å². The Morgan fingerprint density at radius 1 is 1.34 bits per heavy atom. The Balaban J connectivity index is 0.00000124. The standard InChI is InChI=1S/C25H29FN6O6.CH2O2/c1-2-28-21(33)12-36-17-7-15-5-14(6-18(15)19(26)8-17)9-27-4-3-16-11-32(25(35)38-16)20-10-29-24-23(30-20)31-22(34)13-37-24;2-1-3/h7-8,10,14,16,27H,2-6,9,11-13H2,1H3,(H,28,33)(H,30,31,34);1H,(H,2,3). The highest BCUT2D eigenvalue weighted by Gasteiger charge is 2.34. The third-order valence-electron chi connectivity index (χ3n) is 6.56. The van der Waals surface area contributed by atoms with Crippen LogP contribution in [0.1, 0.15) is 24.5 Å². The van der Waals surface area contributed by atoms with Crippen molar-refractivity contribution in [2.24, 2.45) is 5.92 Å². The van der Waals surface area contributed by atoms with E-state index in [0.717, 1.165) is 5.56 Å². The summed E-state index contributed by atoms with van der Waals surface area (Å²) in [4.78, 5) is 53.7. The van der Waals surface area contributed by atoms with Crippen LogP contribution in [0.25, 0.3) is 0 Å². The molecule has 2 aliphatic heterocycles. The van der Waals surface area contributed by atoms with Crippen molar-refractivity contribution in [2.75, 3.05) is 49.6 Å². The van der Waals surface area contributed by atoms with Crippen LogP contribution in [0.4, 0.5) is 20.8 Å². The van der Waals surface area contributed by atoms with Crippen LogP contribution in [0.2, 0.25) is 0 Å². The Morgan fingerprint density at radius 3 is 2.93 bits per heavy atom. The topological polar surface area (TPSA) is 181 Å². The maximum Gasteiger partial charge on any atom is 0.415 e. The highest BCUT2D eigenvalue weighted by Crippen LogP contribution is 2.32. The number of rotatable bonds is 10. The minimum atomic E-state index is -0.528. The van der Waals surface area contributed by atoms with Crippen LogP contribution in [0, 0.1) is 11.7 Å². The Labute approximate surface area is 234 Å². The number of cyclic esters (lactones) is 1. The van der Waals surface area contributed by atoms with Crippen molar-refractivity contribution in [3.05, 3.63) is 35.3 Å². The molecule has 220 valence electrons. The maximum absolute atomic E-state index is 14.6. The lowest BCUT2D eigenvalue weighted by Crippen LogP contribution is -2.30. The average molecular weight is 575 g/mol. The third-order valence-corrected chi connectivity index (χ3v) is 6.56. The number of nitrogens with zero attached hydrogens (tertiary/aromatic N) is 3. The Kier molecular flexibility index (Phi) is 9.84. The molecule has 15 heteroatoms. The molecule has 1 fully saturated rings. The van der Waals surface area contributed by atoms with Crippen molar-refractivity contribution in [3.8, 4) is 11.6 Å². The zero-order valence-electron chi connectivity index (χ0n) is 22.4. The molecule has 3 amide bonds. The lowest BCUT2D eigenvalue weighted by Gasteiger charge is -2.18. The van der Waals surface area contributed by atoms with Gasteiger partial charge in [-0.25, -0.2) is 19.2 Å². The number of anilines is 2. The fraction of sp³-hybridized carbons (Fsp3) is 0.462. The molecular formula is C26H31FN6O8. The number of likely N-dealkylation sites (N-methyl/N-ethyl adjacent to an activating group) is 1. The van der Waals surface area contributed by atoms with E-state index in [1.807, 2.05) is 13.0 Å². The first-order chi connectivity index (χ1) is 19.8. The number of ether oxygens (including phenoxy) is 3. The Morgan fingerprint density at radius 2 is 2.15 bits per heavy atom. The van der Waals surface area contributed by atoms with Crippen LogP contribution in [0.5, 0.6) is 11.6 Å². The molecule has 2 unspecified atom stereocenters. The summed E-state index contributed by atoms with van der Waals surface area (Å²) in [6.45, 7) is 3.41. The molecule has 0 saturated carbocycles. The lowest BCUT2D eigenvalue weighted by molar-refractivity contribution is -0.123. The van der Waals surface area contributed by atoms with Gasteiger partial charge in [0.2, 0.25) is 0 Å². The van der Waals surface area contributed by atoms with E-state index in [2.05, 4.69) is 25.9 Å². The second-order valence-electron chi connectivity index (χ2n) is 9.49. The molecule has 5 rings (SSSR count). The normalized spacial score (nSPS) is 18.6. The minimum absolute atomic E-state index is 0.127. The number of fused-ring (bicyclic) bond motifs is 2. The van der Waals surface area contributed by atoms with E-state index in [1.54, 1.807) is 0 Å². The molecule has 0 spiro atoms. The van der Waals surface area contributed by atoms with Gasteiger partial charge in [0.05, 0.1) is 12.7 Å². The van der Waals surface area contributed by atoms with Crippen molar-refractivity contribution in [1.29, 1.82) is 0 Å². The number of carbonyl (C=O) groups is 4. The van der Waals surface area contributed by atoms with E-state index < -0.39 is 6.09 Å². The average Bonchev–Trinajstić information content (AvgIpc) is 3.53. The minimum Gasteiger partial charge on any atom is -0.484 e. The second-order valence-corrected chi connectivity index (χ2v) is 9.49. The highest BCUT2D eigenvalue weighted by atomic mass is 19.1. The molecular weight excluding hydrogens is 543 g/mol. The molecule has 0 radical (unpaired) electrons. The number of amides is 3. The molecule has 4 N–H and O–H groups in total. The van der Waals surface area contributed by atoms with E-state index >= 15 is 0 Å². The van der Waals surface area contributed by atoms with Gasteiger partial charge in [0.15, 0.2) is 24.8 Å². The van der Waals surface area contributed by atoms with Crippen molar-refractivity contribution in [3.63, 3.8) is 0 Å². The van der Waals surface area contributed by atoms with Gasteiger partial charge < -0.3 is 35.3 Å². The number of aromatic nitrogens is 2. The van der Waals surface area contributed by atoms with Gasteiger partial charge in [-0.2, -0.15) is 0 Å². The predicted octanol–water partition coefficient (Wildman–Crippen LogP) is 0.882. The molecule has 2 aromatic rings. The fourth-order valence-electron chi connectivity index (χ4n) is 4.79. The summed E-state index contributed by atoms with van der Waals surface area (Å²) < 4.78 is 30.7. The van der Waals surface area contributed by atoms with Crippen LogP contribution in [-0.4, -0.2) is 85.0 Å². The summed E-state index contributed by atoms with van der Waals surface area (Å²) in [5, 5.41) is 15.5. The summed E-state index contributed by atoms with van der Waals surface area (Å²) in [7, 11) is 0. The molecule has 1 saturated heterocycles. The molecule has 0 bridgehead atoms. The summed E-state index contributed by atoms with van der Waals surface area (Å²) in [6, 6.07) is 3.15. The van der Waals surface area contributed by atoms with Gasteiger partial charge in [0, 0.05) is 12.6 Å². The van der Waals surface area contributed by atoms with Gasteiger partial charge in [-0.05, 0) is 62.4 Å². The smallest absolute Gasteiger partial charge is 0.415 e. The van der Waals surface area contributed by atoms with E-state index in [4.69, 9.17) is 24.1 Å². The molecule has 1 aromatic heterocycles. The quantitative estimate of drug-likeness (QED) is 0.234. The zero-order chi connectivity index (χ0) is 29.4. The number of hydrogen-bond donors (Lipinski definition) is 4. The first-order valence-corrected chi connectivity index (χ1v) is 13.1. The number of benzene rings is 1. The monoisotopic (exact) mass is 574 g/mol. The summed E-state index contributed by atoms with van der Waals surface area (Å²) in [5.41, 5.74) is 1.59. The maximum atomic E-state index is 14.6. The SMILES string of the molecule is CCNC(=O)COc1cc(F)c2c(c1)CC(CNCCC1CN(c3cnc4c(n3)NC(=O)CO4)C(=O)O1)C2.O=CO. The molecule has 3 heterocycles. The van der Waals surface area contributed by atoms with Gasteiger partial charge in [-0.3, -0.25) is 19.3 Å². The van der Waals surface area contributed by atoms with Gasteiger partial charge in [-0.1, -0.05) is 0 Å². The largest absolute Gasteiger partial charge is 0.484 e. The van der Waals surface area contributed by atoms with Crippen LogP contribution >= 0.6 is 0 Å².